The summed E-state index contributed by atoms with van der Waals surface area (Å²) in [5, 5.41) is 14.0. The van der Waals surface area contributed by atoms with Crippen molar-refractivity contribution in [2.75, 3.05) is 15.4 Å². The summed E-state index contributed by atoms with van der Waals surface area (Å²) in [7, 11) is -3.89. The van der Waals surface area contributed by atoms with E-state index in [-0.39, 0.29) is 21.8 Å². The first kappa shape index (κ1) is 21.2. The number of halogens is 1. The summed E-state index contributed by atoms with van der Waals surface area (Å²) in [5.41, 5.74) is 1.04. The molecule has 0 aliphatic rings. The van der Waals surface area contributed by atoms with E-state index in [0.29, 0.717) is 10.7 Å². The van der Waals surface area contributed by atoms with Gasteiger partial charge in [0.1, 0.15) is 0 Å². The Labute approximate surface area is 177 Å². The number of carbonyl (C=O) groups excluding carboxylic acids is 1. The maximum atomic E-state index is 12.6. The zero-order valence-electron chi connectivity index (χ0n) is 15.3. The highest BCUT2D eigenvalue weighted by atomic mass is 35.5. The van der Waals surface area contributed by atoms with Crippen molar-refractivity contribution >= 4 is 50.7 Å². The van der Waals surface area contributed by atoms with E-state index in [1.165, 1.54) is 54.6 Å². The van der Waals surface area contributed by atoms with Gasteiger partial charge in [-0.25, -0.2) is 13.2 Å². The predicted octanol–water partition coefficient (Wildman–Crippen LogP) is 4.48. The summed E-state index contributed by atoms with van der Waals surface area (Å²) in [5.74, 6) is -0.524. The monoisotopic (exact) mass is 445 g/mol. The first-order valence-corrected chi connectivity index (χ1v) is 10.4. The Hall–Kier alpha value is -3.56. The van der Waals surface area contributed by atoms with Gasteiger partial charge in [-0.1, -0.05) is 23.7 Å². The van der Waals surface area contributed by atoms with Crippen LogP contribution < -0.4 is 15.4 Å². The lowest BCUT2D eigenvalue weighted by Gasteiger charge is -2.11. The zero-order valence-corrected chi connectivity index (χ0v) is 16.9. The number of benzene rings is 3. The lowest BCUT2D eigenvalue weighted by molar-refractivity contribution is 0.102. The molecular weight excluding hydrogens is 430 g/mol. The lowest BCUT2D eigenvalue weighted by Crippen LogP contribution is -2.15. The molecule has 0 unspecified atom stereocenters. The van der Waals surface area contributed by atoms with Gasteiger partial charge < -0.3 is 10.4 Å². The van der Waals surface area contributed by atoms with Gasteiger partial charge in [0.05, 0.1) is 4.90 Å². The molecule has 3 rings (SSSR count). The molecule has 30 heavy (non-hydrogen) atoms. The minimum Gasteiger partial charge on any atom is -0.465 e. The second-order valence-corrected chi connectivity index (χ2v) is 8.22. The maximum Gasteiger partial charge on any atom is 0.409 e. The fraction of sp³-hybridized carbons (Fsp3) is 0. The topological polar surface area (TPSA) is 125 Å². The van der Waals surface area contributed by atoms with E-state index in [1.807, 2.05) is 0 Å². The van der Waals surface area contributed by atoms with Crippen LogP contribution in [0.1, 0.15) is 10.4 Å². The molecule has 0 atom stereocenters. The van der Waals surface area contributed by atoms with Gasteiger partial charge in [0.25, 0.3) is 15.9 Å². The van der Waals surface area contributed by atoms with Crippen LogP contribution in [0, 0.1) is 0 Å². The largest absolute Gasteiger partial charge is 0.465 e. The Balaban J connectivity index is 1.77. The van der Waals surface area contributed by atoms with E-state index in [9.17, 15) is 18.0 Å². The third-order valence-corrected chi connectivity index (χ3v) is 5.51. The quantitative estimate of drug-likeness (QED) is 0.445. The molecule has 0 heterocycles. The molecule has 3 aromatic carbocycles. The van der Waals surface area contributed by atoms with Crippen LogP contribution in [0.5, 0.6) is 0 Å². The lowest BCUT2D eigenvalue weighted by atomic mass is 10.2. The van der Waals surface area contributed by atoms with E-state index in [2.05, 4.69) is 15.4 Å². The van der Waals surface area contributed by atoms with Crippen LogP contribution in [0.3, 0.4) is 0 Å². The molecule has 10 heteroatoms. The number of sulfonamides is 1. The number of anilines is 3. The first-order chi connectivity index (χ1) is 14.2. The average molecular weight is 446 g/mol. The summed E-state index contributed by atoms with van der Waals surface area (Å²) in [6.07, 6.45) is -1.25. The number of hydrogen-bond donors (Lipinski definition) is 4. The van der Waals surface area contributed by atoms with Crippen LogP contribution in [-0.4, -0.2) is 25.5 Å². The fourth-order valence-corrected chi connectivity index (χ4v) is 3.77. The van der Waals surface area contributed by atoms with Gasteiger partial charge in [-0.3, -0.25) is 14.8 Å². The molecule has 0 spiro atoms. The highest BCUT2D eigenvalue weighted by molar-refractivity contribution is 7.92. The van der Waals surface area contributed by atoms with Crippen LogP contribution in [-0.2, 0) is 10.0 Å². The number of nitrogens with one attached hydrogen (secondary N) is 3. The van der Waals surface area contributed by atoms with Crippen molar-refractivity contribution in [1.82, 2.24) is 0 Å². The van der Waals surface area contributed by atoms with Gasteiger partial charge in [0.15, 0.2) is 0 Å². The number of rotatable bonds is 6. The Morgan fingerprint density at radius 3 is 2.10 bits per heavy atom. The zero-order chi connectivity index (χ0) is 21.7. The molecule has 4 N–H and O–H groups in total. The van der Waals surface area contributed by atoms with Crippen molar-refractivity contribution in [3.05, 3.63) is 83.4 Å². The molecule has 0 aliphatic carbocycles. The number of carbonyl (C=O) groups is 2. The van der Waals surface area contributed by atoms with Gasteiger partial charge in [0.2, 0.25) is 0 Å². The van der Waals surface area contributed by atoms with Gasteiger partial charge in [-0.15, -0.1) is 0 Å². The van der Waals surface area contributed by atoms with Crippen molar-refractivity contribution in [2.45, 2.75) is 4.90 Å². The molecule has 8 nitrogen and oxygen atoms in total. The van der Waals surface area contributed by atoms with Crippen LogP contribution in [0.25, 0.3) is 0 Å². The van der Waals surface area contributed by atoms with Crippen LogP contribution in [0.2, 0.25) is 5.02 Å². The Morgan fingerprint density at radius 2 is 1.43 bits per heavy atom. The number of hydrogen-bond acceptors (Lipinski definition) is 4. The second-order valence-electron chi connectivity index (χ2n) is 6.11. The van der Waals surface area contributed by atoms with Gasteiger partial charge in [-0.2, -0.15) is 0 Å². The molecule has 3 aromatic rings. The minimum atomic E-state index is -3.89. The predicted molar refractivity (Wildman–Crippen MR) is 115 cm³/mol. The molecular formula is C20H16ClN3O5S. The molecule has 0 saturated carbocycles. The molecule has 0 aliphatic heterocycles. The molecule has 0 radical (unpaired) electrons. The van der Waals surface area contributed by atoms with E-state index >= 15 is 0 Å². The molecule has 154 valence electrons. The third kappa shape index (κ3) is 5.49. The van der Waals surface area contributed by atoms with E-state index in [0.717, 1.165) is 0 Å². The molecule has 0 saturated heterocycles. The van der Waals surface area contributed by atoms with Crippen molar-refractivity contribution < 1.29 is 23.1 Å². The Kier molecular flexibility index (Phi) is 6.24. The molecule has 2 amide bonds. The van der Waals surface area contributed by atoms with Crippen LogP contribution in [0.15, 0.2) is 77.7 Å². The van der Waals surface area contributed by atoms with Crippen molar-refractivity contribution in [3.63, 3.8) is 0 Å². The minimum absolute atomic E-state index is 0.0449. The normalized spacial score (nSPS) is 10.8. The Morgan fingerprint density at radius 1 is 0.800 bits per heavy atom. The number of carboxylic acid groups (broad SMARTS) is 1. The third-order valence-electron chi connectivity index (χ3n) is 3.87. The van der Waals surface area contributed by atoms with Crippen molar-refractivity contribution in [2.24, 2.45) is 0 Å². The van der Waals surface area contributed by atoms with E-state index in [4.69, 9.17) is 16.7 Å². The Bertz CT molecular complexity index is 1200. The highest BCUT2D eigenvalue weighted by Gasteiger charge is 2.16. The average Bonchev–Trinajstić information content (AvgIpc) is 2.69. The molecule has 0 bridgehead atoms. The van der Waals surface area contributed by atoms with Crippen LogP contribution >= 0.6 is 11.6 Å². The first-order valence-electron chi connectivity index (χ1n) is 8.53. The van der Waals surface area contributed by atoms with Gasteiger partial charge in [-0.05, 0) is 60.7 Å². The summed E-state index contributed by atoms with van der Waals surface area (Å²) in [4.78, 5) is 23.2. The molecule has 0 aromatic heterocycles. The van der Waals surface area contributed by atoms with E-state index in [1.54, 1.807) is 18.2 Å². The van der Waals surface area contributed by atoms with Gasteiger partial charge >= 0.3 is 6.09 Å². The van der Waals surface area contributed by atoms with Crippen molar-refractivity contribution in [3.8, 4) is 0 Å². The second kappa shape index (κ2) is 8.85. The summed E-state index contributed by atoms with van der Waals surface area (Å²) in [6.45, 7) is 0. The summed E-state index contributed by atoms with van der Waals surface area (Å²) in [6, 6.07) is 17.8. The highest BCUT2D eigenvalue weighted by Crippen LogP contribution is 2.21. The summed E-state index contributed by atoms with van der Waals surface area (Å²) < 4.78 is 27.7. The SMILES string of the molecule is O=C(O)Nc1cccc(C(=O)Nc2cccc(S(=O)(=O)Nc3ccc(Cl)cc3)c2)c1. The summed E-state index contributed by atoms with van der Waals surface area (Å²) >= 11 is 5.80. The number of amides is 2. The standard InChI is InChI=1S/C20H16ClN3O5S/c21-14-7-9-15(10-8-14)24-30(28,29)18-6-2-5-17(12-18)22-19(25)13-3-1-4-16(11-13)23-20(26)27/h1-12,23-24H,(H,22,25)(H,26,27). The smallest absolute Gasteiger partial charge is 0.409 e. The molecule has 0 fully saturated rings. The van der Waals surface area contributed by atoms with Crippen molar-refractivity contribution in [1.29, 1.82) is 0 Å². The van der Waals surface area contributed by atoms with Gasteiger partial charge in [0, 0.05) is 27.6 Å². The fourth-order valence-electron chi connectivity index (χ4n) is 2.54. The maximum absolute atomic E-state index is 12.6. The van der Waals surface area contributed by atoms with Crippen LogP contribution in [0.4, 0.5) is 21.9 Å². The van der Waals surface area contributed by atoms with E-state index < -0.39 is 22.0 Å².